The number of amides is 1. The van der Waals surface area contributed by atoms with Gasteiger partial charge in [0.15, 0.2) is 0 Å². The van der Waals surface area contributed by atoms with Crippen LogP contribution in [0.15, 0.2) is 72.8 Å². The molecule has 10 nitrogen and oxygen atoms in total. The number of carbonyl (C=O) groups excluding carboxylic acids is 1. The zero-order valence-electron chi connectivity index (χ0n) is 26.9. The van der Waals surface area contributed by atoms with Crippen molar-refractivity contribution in [3.05, 3.63) is 89.6 Å². The van der Waals surface area contributed by atoms with E-state index in [0.717, 1.165) is 48.6 Å². The van der Waals surface area contributed by atoms with Gasteiger partial charge in [0.2, 0.25) is 0 Å². The molecular formula is C37H41N7O3. The molecule has 4 heterocycles. The number of likely N-dealkylation sites (N-methyl/N-ethyl adjacent to an activating group) is 1. The third-order valence-electron chi connectivity index (χ3n) is 9.76. The summed E-state index contributed by atoms with van der Waals surface area (Å²) in [5.41, 5.74) is 4.20. The molecule has 0 saturated carbocycles. The van der Waals surface area contributed by atoms with Crippen molar-refractivity contribution in [3.63, 3.8) is 0 Å². The van der Waals surface area contributed by atoms with E-state index in [2.05, 4.69) is 70.3 Å². The molecule has 0 radical (unpaired) electrons. The Morgan fingerprint density at radius 3 is 2.60 bits per heavy atom. The minimum Gasteiger partial charge on any atom is -0.462 e. The zero-order valence-corrected chi connectivity index (χ0v) is 26.9. The van der Waals surface area contributed by atoms with Crippen LogP contribution in [0.5, 0.6) is 6.01 Å². The highest BCUT2D eigenvalue weighted by Crippen LogP contribution is 2.35. The Hall–Kier alpha value is -4.88. The van der Waals surface area contributed by atoms with Crippen LogP contribution in [0.4, 0.5) is 16.3 Å². The number of benzene rings is 3. The van der Waals surface area contributed by atoms with E-state index in [1.807, 2.05) is 30.3 Å². The summed E-state index contributed by atoms with van der Waals surface area (Å²) in [7, 11) is 2.14. The molecule has 242 valence electrons. The van der Waals surface area contributed by atoms with Gasteiger partial charge in [-0.1, -0.05) is 66.7 Å². The lowest BCUT2D eigenvalue weighted by Crippen LogP contribution is -2.55. The van der Waals surface area contributed by atoms with Gasteiger partial charge in [0.25, 0.3) is 0 Å². The van der Waals surface area contributed by atoms with Gasteiger partial charge < -0.3 is 29.1 Å². The Morgan fingerprint density at radius 1 is 0.936 bits per heavy atom. The molecule has 3 aromatic carbocycles. The van der Waals surface area contributed by atoms with Gasteiger partial charge in [-0.25, -0.2) is 4.79 Å². The molecule has 3 aliphatic heterocycles. The second-order valence-electron chi connectivity index (χ2n) is 12.7. The van der Waals surface area contributed by atoms with Crippen molar-refractivity contribution >= 4 is 28.4 Å². The lowest BCUT2D eigenvalue weighted by Gasteiger charge is -2.42. The van der Waals surface area contributed by atoms with Gasteiger partial charge in [0.1, 0.15) is 19.0 Å². The molecule has 0 spiro atoms. The number of carbonyl (C=O) groups is 1. The first-order chi connectivity index (χ1) is 23.1. The molecule has 47 heavy (non-hydrogen) atoms. The van der Waals surface area contributed by atoms with Crippen LogP contribution in [-0.2, 0) is 24.3 Å². The highest BCUT2D eigenvalue weighted by Gasteiger charge is 2.35. The number of nitrogens with zero attached hydrogens (tertiary/aromatic N) is 7. The van der Waals surface area contributed by atoms with Crippen LogP contribution in [0.3, 0.4) is 0 Å². The average Bonchev–Trinajstić information content (AvgIpc) is 3.53. The fourth-order valence-electron chi connectivity index (χ4n) is 7.14. The average molecular weight is 632 g/mol. The monoisotopic (exact) mass is 631 g/mol. The smallest absolute Gasteiger partial charge is 0.410 e. The predicted octanol–water partition coefficient (Wildman–Crippen LogP) is 5.41. The van der Waals surface area contributed by atoms with E-state index >= 15 is 0 Å². The topological polar surface area (TPSA) is 98.1 Å². The van der Waals surface area contributed by atoms with Crippen LogP contribution in [0.25, 0.3) is 10.8 Å². The molecule has 1 amide bonds. The molecule has 4 aromatic rings. The first-order valence-electron chi connectivity index (χ1n) is 16.6. The van der Waals surface area contributed by atoms with Crippen LogP contribution in [0.2, 0.25) is 0 Å². The number of hydrogen-bond donors (Lipinski definition) is 0. The summed E-state index contributed by atoms with van der Waals surface area (Å²) in [6, 6.07) is 27.3. The quantitative estimate of drug-likeness (QED) is 0.253. The second-order valence-corrected chi connectivity index (χ2v) is 12.7. The number of piperazine rings is 1. The van der Waals surface area contributed by atoms with E-state index in [1.54, 1.807) is 4.90 Å². The first-order valence-corrected chi connectivity index (χ1v) is 16.6. The fourth-order valence-corrected chi connectivity index (χ4v) is 7.14. The van der Waals surface area contributed by atoms with E-state index in [-0.39, 0.29) is 19.1 Å². The number of ether oxygens (including phenoxy) is 2. The number of nitriles is 1. The summed E-state index contributed by atoms with van der Waals surface area (Å²) in [6.45, 7) is 4.78. The minimum atomic E-state index is -0.395. The predicted molar refractivity (Wildman–Crippen MR) is 181 cm³/mol. The Kier molecular flexibility index (Phi) is 9.07. The molecule has 1 aromatic heterocycles. The molecule has 2 atom stereocenters. The van der Waals surface area contributed by atoms with Crippen molar-refractivity contribution in [1.82, 2.24) is 19.8 Å². The van der Waals surface area contributed by atoms with Gasteiger partial charge in [-0.15, -0.1) is 0 Å². The molecule has 7 rings (SSSR count). The number of anilines is 2. The first kappa shape index (κ1) is 30.8. The van der Waals surface area contributed by atoms with E-state index in [4.69, 9.17) is 19.4 Å². The van der Waals surface area contributed by atoms with Crippen LogP contribution < -0.4 is 14.5 Å². The normalized spacial score (nSPS) is 19.8. The third kappa shape index (κ3) is 6.67. The molecule has 3 aliphatic rings. The summed E-state index contributed by atoms with van der Waals surface area (Å²) in [5.74, 6) is 0.850. The molecule has 2 fully saturated rings. The van der Waals surface area contributed by atoms with Gasteiger partial charge in [0.05, 0.1) is 30.8 Å². The van der Waals surface area contributed by atoms with Crippen molar-refractivity contribution < 1.29 is 14.3 Å². The molecule has 0 N–H and O–H groups in total. The zero-order chi connectivity index (χ0) is 32.2. The Morgan fingerprint density at radius 2 is 1.77 bits per heavy atom. The standard InChI is InChI=1S/C37H41N7O3/c1-41-19-8-13-30(41)26-46-36-39-33-24-42(34-15-7-12-28-11-5-6-14-31(28)34)20-17-32(33)35(40-36)43-21-22-44(29(23-43)16-18-38)37(45)47-25-27-9-3-2-4-10-27/h2-7,9-12,14-15,29-30H,8,13,16-17,19-26H2,1H3/t29-,30+/m0/s1. The summed E-state index contributed by atoms with van der Waals surface area (Å²) in [5, 5.41) is 12.2. The maximum absolute atomic E-state index is 13.2. The third-order valence-corrected chi connectivity index (χ3v) is 9.76. The maximum Gasteiger partial charge on any atom is 0.410 e. The van der Waals surface area contributed by atoms with Gasteiger partial charge in [0, 0.05) is 48.9 Å². The molecule has 0 aliphatic carbocycles. The van der Waals surface area contributed by atoms with Gasteiger partial charge >= 0.3 is 12.1 Å². The highest BCUT2D eigenvalue weighted by molar-refractivity contribution is 5.94. The van der Waals surface area contributed by atoms with Crippen molar-refractivity contribution in [2.24, 2.45) is 0 Å². The molecule has 2 saturated heterocycles. The van der Waals surface area contributed by atoms with Gasteiger partial charge in [-0.2, -0.15) is 15.2 Å². The van der Waals surface area contributed by atoms with E-state index in [9.17, 15) is 10.1 Å². The Labute approximate surface area is 276 Å². The number of fused-ring (bicyclic) bond motifs is 2. The number of aromatic nitrogens is 2. The minimum absolute atomic E-state index is 0.197. The molecule has 10 heteroatoms. The van der Waals surface area contributed by atoms with Crippen molar-refractivity contribution in [3.8, 4) is 12.1 Å². The molecular weight excluding hydrogens is 590 g/mol. The van der Waals surface area contributed by atoms with Crippen molar-refractivity contribution in [1.29, 1.82) is 5.26 Å². The number of hydrogen-bond acceptors (Lipinski definition) is 9. The number of likely N-dealkylation sites (tertiary alicyclic amines) is 1. The van der Waals surface area contributed by atoms with E-state index < -0.39 is 6.09 Å². The SMILES string of the molecule is CN1CCC[C@@H]1COc1nc2c(c(N3CCN(C(=O)OCc4ccccc4)[C@@H](CC#N)C3)n1)CCN(c1cccc3ccccc13)C2. The van der Waals surface area contributed by atoms with E-state index in [1.165, 1.54) is 22.9 Å². The molecule has 0 unspecified atom stereocenters. The van der Waals surface area contributed by atoms with Gasteiger partial charge in [-0.05, 0) is 49.9 Å². The molecule has 0 bridgehead atoms. The lowest BCUT2D eigenvalue weighted by atomic mass is 10.0. The van der Waals surface area contributed by atoms with Crippen molar-refractivity contribution in [2.75, 3.05) is 56.2 Å². The summed E-state index contributed by atoms with van der Waals surface area (Å²) in [6.07, 6.45) is 2.85. The maximum atomic E-state index is 13.2. The Bertz CT molecular complexity index is 1760. The largest absolute Gasteiger partial charge is 0.462 e. The lowest BCUT2D eigenvalue weighted by molar-refractivity contribution is 0.0767. The number of rotatable bonds is 8. The van der Waals surface area contributed by atoms with Crippen LogP contribution >= 0.6 is 0 Å². The Balaban J connectivity index is 1.15. The van der Waals surface area contributed by atoms with E-state index in [0.29, 0.717) is 44.8 Å². The highest BCUT2D eigenvalue weighted by atomic mass is 16.6. The van der Waals surface area contributed by atoms with Gasteiger partial charge in [-0.3, -0.25) is 0 Å². The summed E-state index contributed by atoms with van der Waals surface area (Å²) in [4.78, 5) is 31.9. The second kappa shape index (κ2) is 13.9. The summed E-state index contributed by atoms with van der Waals surface area (Å²) >= 11 is 0. The van der Waals surface area contributed by atoms with Crippen LogP contribution in [-0.4, -0.2) is 84.3 Å². The van der Waals surface area contributed by atoms with Crippen LogP contribution in [0, 0.1) is 11.3 Å². The fraction of sp³-hybridized carbons (Fsp3) is 0.405. The van der Waals surface area contributed by atoms with Crippen LogP contribution in [0.1, 0.15) is 36.1 Å². The van der Waals surface area contributed by atoms with Crippen molar-refractivity contribution in [2.45, 2.75) is 50.9 Å². The summed E-state index contributed by atoms with van der Waals surface area (Å²) < 4.78 is 12.0.